The molecule has 0 unspecified atom stereocenters. The Balaban J connectivity index is 1.79. The first-order valence-electron chi connectivity index (χ1n) is 7.39. The summed E-state index contributed by atoms with van der Waals surface area (Å²) in [4.78, 5) is 33.3. The lowest BCUT2D eigenvalue weighted by atomic mass is 10.1. The molecule has 0 saturated heterocycles. The number of nitrogens with zero attached hydrogens (tertiary/aromatic N) is 2. The molecule has 2 aromatic carbocycles. The molecule has 0 fully saturated rings. The van der Waals surface area contributed by atoms with Crippen LogP contribution in [0.1, 0.15) is 33.2 Å². The number of imide groups is 1. The molecule has 6 heteroatoms. The number of amides is 2. The van der Waals surface area contributed by atoms with Crippen molar-refractivity contribution < 1.29 is 19.2 Å². The van der Waals surface area contributed by atoms with Gasteiger partial charge in [-0.05, 0) is 25.1 Å². The zero-order chi connectivity index (χ0) is 17.1. The zero-order valence-corrected chi connectivity index (χ0v) is 13.0. The van der Waals surface area contributed by atoms with E-state index in [-0.39, 0.29) is 6.61 Å². The predicted molar refractivity (Wildman–Crippen MR) is 85.6 cm³/mol. The summed E-state index contributed by atoms with van der Waals surface area (Å²) in [7, 11) is 0. The number of hydrogen-bond acceptors (Lipinski definition) is 4. The SMILES string of the molecule is [C-]#[N+]c1ccc(CON2C(=O)c3ccccc3C2=O)c(OCC)c1. The number of benzene rings is 2. The van der Waals surface area contributed by atoms with Crippen LogP contribution in [0.5, 0.6) is 5.75 Å². The summed E-state index contributed by atoms with van der Waals surface area (Å²) in [6.45, 7) is 9.30. The summed E-state index contributed by atoms with van der Waals surface area (Å²) in [5, 5.41) is 0.767. The quantitative estimate of drug-likeness (QED) is 0.625. The van der Waals surface area contributed by atoms with E-state index in [0.717, 1.165) is 5.06 Å². The number of ether oxygens (including phenoxy) is 1. The van der Waals surface area contributed by atoms with Crippen molar-refractivity contribution in [1.82, 2.24) is 5.06 Å². The average molecular weight is 322 g/mol. The van der Waals surface area contributed by atoms with Crippen LogP contribution in [0.2, 0.25) is 0 Å². The average Bonchev–Trinajstić information content (AvgIpc) is 2.85. The Hall–Kier alpha value is -3.17. The molecule has 0 aliphatic carbocycles. The lowest BCUT2D eigenvalue weighted by Gasteiger charge is -2.15. The molecule has 1 aliphatic rings. The van der Waals surface area contributed by atoms with Crippen molar-refractivity contribution in [3.8, 4) is 5.75 Å². The summed E-state index contributed by atoms with van der Waals surface area (Å²) in [6.07, 6.45) is 0. The van der Waals surface area contributed by atoms with Gasteiger partial charge in [0.1, 0.15) is 12.4 Å². The number of hydrogen-bond donors (Lipinski definition) is 0. The van der Waals surface area contributed by atoms with Crippen LogP contribution in [-0.2, 0) is 11.4 Å². The van der Waals surface area contributed by atoms with Gasteiger partial charge in [-0.1, -0.05) is 24.3 Å². The van der Waals surface area contributed by atoms with E-state index >= 15 is 0 Å². The van der Waals surface area contributed by atoms with Gasteiger partial charge in [0.2, 0.25) is 0 Å². The second kappa shape index (κ2) is 6.52. The molecule has 24 heavy (non-hydrogen) atoms. The largest absolute Gasteiger partial charge is 0.495 e. The van der Waals surface area contributed by atoms with Crippen molar-refractivity contribution in [2.45, 2.75) is 13.5 Å². The van der Waals surface area contributed by atoms with E-state index in [1.54, 1.807) is 42.5 Å². The molecule has 0 bridgehead atoms. The van der Waals surface area contributed by atoms with Gasteiger partial charge in [0.15, 0.2) is 5.69 Å². The Labute approximate surface area is 139 Å². The Morgan fingerprint density at radius 2 is 1.75 bits per heavy atom. The van der Waals surface area contributed by atoms with Gasteiger partial charge in [-0.25, -0.2) is 4.85 Å². The molecule has 6 nitrogen and oxygen atoms in total. The third-order valence-electron chi connectivity index (χ3n) is 3.59. The standard InChI is InChI=1S/C18H14N2O4/c1-3-23-16-10-13(19-2)9-8-12(16)11-24-20-17(21)14-6-4-5-7-15(14)18(20)22/h4-10H,3,11H2,1H3. The van der Waals surface area contributed by atoms with E-state index in [4.69, 9.17) is 16.1 Å². The van der Waals surface area contributed by atoms with E-state index in [2.05, 4.69) is 4.85 Å². The zero-order valence-electron chi connectivity index (χ0n) is 13.0. The summed E-state index contributed by atoms with van der Waals surface area (Å²) in [5.41, 5.74) is 1.76. The van der Waals surface area contributed by atoms with Crippen LogP contribution in [0.15, 0.2) is 42.5 Å². The highest BCUT2D eigenvalue weighted by Crippen LogP contribution is 2.28. The van der Waals surface area contributed by atoms with E-state index < -0.39 is 11.8 Å². The third kappa shape index (κ3) is 2.73. The monoisotopic (exact) mass is 322 g/mol. The van der Waals surface area contributed by atoms with E-state index in [1.165, 1.54) is 0 Å². The van der Waals surface area contributed by atoms with Gasteiger partial charge in [0, 0.05) is 5.56 Å². The lowest BCUT2D eigenvalue weighted by Crippen LogP contribution is -2.29. The molecule has 0 spiro atoms. The molecule has 1 aliphatic heterocycles. The Morgan fingerprint density at radius 3 is 2.33 bits per heavy atom. The molecular formula is C18H14N2O4. The first-order valence-corrected chi connectivity index (χ1v) is 7.39. The van der Waals surface area contributed by atoms with Crippen molar-refractivity contribution in [3.63, 3.8) is 0 Å². The van der Waals surface area contributed by atoms with E-state index in [0.29, 0.717) is 34.7 Å². The minimum atomic E-state index is -0.480. The first kappa shape index (κ1) is 15.7. The van der Waals surface area contributed by atoms with Crippen molar-refractivity contribution in [2.75, 3.05) is 6.61 Å². The van der Waals surface area contributed by atoms with Gasteiger partial charge in [-0.15, -0.1) is 5.06 Å². The maximum Gasteiger partial charge on any atom is 0.285 e. The molecule has 2 aromatic rings. The topological polar surface area (TPSA) is 60.2 Å². The van der Waals surface area contributed by atoms with Gasteiger partial charge in [-0.3, -0.25) is 14.4 Å². The lowest BCUT2D eigenvalue weighted by molar-refractivity contribution is -0.101. The maximum absolute atomic E-state index is 12.2. The summed E-state index contributed by atoms with van der Waals surface area (Å²) in [6, 6.07) is 11.5. The fourth-order valence-electron chi connectivity index (χ4n) is 2.44. The van der Waals surface area contributed by atoms with Crippen molar-refractivity contribution in [2.24, 2.45) is 0 Å². The Morgan fingerprint density at radius 1 is 1.08 bits per heavy atom. The van der Waals surface area contributed by atoms with Crippen LogP contribution in [0, 0.1) is 6.57 Å². The molecule has 2 amide bonds. The van der Waals surface area contributed by atoms with Crippen LogP contribution in [-0.4, -0.2) is 23.5 Å². The van der Waals surface area contributed by atoms with E-state index in [1.807, 2.05) is 6.92 Å². The van der Waals surface area contributed by atoms with Crippen LogP contribution < -0.4 is 4.74 Å². The smallest absolute Gasteiger partial charge is 0.285 e. The minimum absolute atomic E-state index is 0.0148. The number of rotatable bonds is 5. The molecule has 120 valence electrons. The number of hydroxylamine groups is 2. The van der Waals surface area contributed by atoms with Crippen molar-refractivity contribution in [1.29, 1.82) is 0 Å². The molecule has 3 rings (SSSR count). The van der Waals surface area contributed by atoms with Gasteiger partial charge < -0.3 is 4.74 Å². The molecule has 1 heterocycles. The minimum Gasteiger partial charge on any atom is -0.495 e. The van der Waals surface area contributed by atoms with Crippen LogP contribution >= 0.6 is 0 Å². The van der Waals surface area contributed by atoms with E-state index in [9.17, 15) is 9.59 Å². The highest BCUT2D eigenvalue weighted by atomic mass is 16.7. The van der Waals surface area contributed by atoms with Crippen molar-refractivity contribution in [3.05, 3.63) is 70.6 Å². The number of fused-ring (bicyclic) bond motifs is 1. The fraction of sp³-hybridized carbons (Fsp3) is 0.167. The summed E-state index contributed by atoms with van der Waals surface area (Å²) >= 11 is 0. The summed E-state index contributed by atoms with van der Waals surface area (Å²) in [5.74, 6) is -0.458. The van der Waals surface area contributed by atoms with Gasteiger partial charge in [-0.2, -0.15) is 0 Å². The molecule has 0 radical (unpaired) electrons. The van der Waals surface area contributed by atoms with Gasteiger partial charge in [0.05, 0.1) is 24.3 Å². The van der Waals surface area contributed by atoms with Crippen LogP contribution in [0.25, 0.3) is 4.85 Å². The fourth-order valence-corrected chi connectivity index (χ4v) is 2.44. The molecule has 0 N–H and O–H groups in total. The van der Waals surface area contributed by atoms with Crippen LogP contribution in [0.4, 0.5) is 5.69 Å². The number of carbonyl (C=O) groups excluding carboxylic acids is 2. The normalized spacial score (nSPS) is 12.9. The Kier molecular flexibility index (Phi) is 4.27. The molecular weight excluding hydrogens is 308 g/mol. The summed E-state index contributed by atoms with van der Waals surface area (Å²) < 4.78 is 5.50. The first-order chi connectivity index (χ1) is 11.7. The van der Waals surface area contributed by atoms with Gasteiger partial charge in [0.25, 0.3) is 11.8 Å². The highest BCUT2D eigenvalue weighted by Gasteiger charge is 2.36. The number of carbonyl (C=O) groups is 2. The predicted octanol–water partition coefficient (Wildman–Crippen LogP) is 3.36. The second-order valence-electron chi connectivity index (χ2n) is 5.06. The molecule has 0 aromatic heterocycles. The van der Waals surface area contributed by atoms with Crippen LogP contribution in [0.3, 0.4) is 0 Å². The van der Waals surface area contributed by atoms with Gasteiger partial charge >= 0.3 is 0 Å². The third-order valence-corrected chi connectivity index (χ3v) is 3.59. The highest BCUT2D eigenvalue weighted by molar-refractivity contribution is 6.20. The molecule has 0 atom stereocenters. The van der Waals surface area contributed by atoms with Crippen molar-refractivity contribution >= 4 is 17.5 Å². The second-order valence-corrected chi connectivity index (χ2v) is 5.06. The molecule has 0 saturated carbocycles. The maximum atomic E-state index is 12.2. The Bertz CT molecular complexity index is 819.